The van der Waals surface area contributed by atoms with Gasteiger partial charge in [-0.3, -0.25) is 0 Å². The first kappa shape index (κ1) is 6.51. The highest BCUT2D eigenvalue weighted by Crippen LogP contribution is 1.96. The van der Waals surface area contributed by atoms with Gasteiger partial charge in [-0.25, -0.2) is 5.32 Å². The predicted octanol–water partition coefficient (Wildman–Crippen LogP) is -0.848. The number of oxime groups is 1. The van der Waals surface area contributed by atoms with Gasteiger partial charge in [0.1, 0.15) is 0 Å². The zero-order valence-corrected chi connectivity index (χ0v) is 5.12. The molecule has 1 rings (SSSR count). The average Bonchev–Trinajstić information content (AvgIpc) is 1.89. The van der Waals surface area contributed by atoms with Gasteiger partial charge in [-0.1, -0.05) is 5.16 Å². The first-order chi connectivity index (χ1) is 4.34. The number of rotatable bonds is 0. The Morgan fingerprint density at radius 1 is 1.78 bits per heavy atom. The van der Waals surface area contributed by atoms with Crippen molar-refractivity contribution in [2.75, 3.05) is 13.1 Å². The summed E-state index contributed by atoms with van der Waals surface area (Å²) < 4.78 is 0. The fourth-order valence-electron chi connectivity index (χ4n) is 0.839. The monoisotopic (exact) mass is 128 g/mol. The van der Waals surface area contributed by atoms with Gasteiger partial charge in [0.15, 0.2) is 0 Å². The molecule has 0 aromatic heterocycles. The lowest BCUT2D eigenvalue weighted by atomic mass is 10.1. The number of nitrogens with zero attached hydrogens (tertiary/aromatic N) is 2. The van der Waals surface area contributed by atoms with E-state index < -0.39 is 0 Å². The van der Waals surface area contributed by atoms with Crippen LogP contribution in [0.5, 0.6) is 0 Å². The number of hydrogen-bond donors (Lipinski definition) is 2. The average molecular weight is 128 g/mol. The molecule has 1 saturated heterocycles. The van der Waals surface area contributed by atoms with Crippen LogP contribution < -0.4 is 11.1 Å². The fourth-order valence-corrected chi connectivity index (χ4v) is 0.839. The van der Waals surface area contributed by atoms with E-state index in [9.17, 15) is 0 Å². The minimum atomic E-state index is -0.149. The summed E-state index contributed by atoms with van der Waals surface area (Å²) in [6.07, 6.45) is 0.706. The normalized spacial score (nSPS) is 33.0. The zero-order valence-electron chi connectivity index (χ0n) is 5.12. The summed E-state index contributed by atoms with van der Waals surface area (Å²) in [6, 6.07) is -0.149. The number of piperidine rings is 1. The van der Waals surface area contributed by atoms with Gasteiger partial charge in [-0.2, -0.15) is 0 Å². The van der Waals surface area contributed by atoms with Gasteiger partial charge in [0.25, 0.3) is 0 Å². The lowest BCUT2D eigenvalue weighted by molar-refractivity contribution is 0.313. The second-order valence-corrected chi connectivity index (χ2v) is 2.08. The summed E-state index contributed by atoms with van der Waals surface area (Å²) in [6.45, 7) is 1.34. The van der Waals surface area contributed by atoms with Gasteiger partial charge in [0.2, 0.25) is 0 Å². The Bertz CT molecular complexity index is 123. The summed E-state index contributed by atoms with van der Waals surface area (Å²) >= 11 is 0. The molecule has 0 aromatic rings. The Kier molecular flexibility index (Phi) is 2.02. The van der Waals surface area contributed by atoms with Crippen molar-refractivity contribution in [3.05, 3.63) is 0 Å². The molecule has 0 aromatic carbocycles. The maximum absolute atomic E-state index is 8.33. The highest BCUT2D eigenvalue weighted by Gasteiger charge is 2.16. The molecular weight excluding hydrogens is 118 g/mol. The van der Waals surface area contributed by atoms with Crippen molar-refractivity contribution in [1.29, 1.82) is 0 Å². The minimum Gasteiger partial charge on any atom is -0.411 e. The van der Waals surface area contributed by atoms with E-state index in [1.807, 2.05) is 0 Å². The molecule has 4 nitrogen and oxygen atoms in total. The van der Waals surface area contributed by atoms with Gasteiger partial charge in [0, 0.05) is 19.5 Å². The van der Waals surface area contributed by atoms with E-state index in [0.29, 0.717) is 18.7 Å². The van der Waals surface area contributed by atoms with Gasteiger partial charge in [-0.15, -0.1) is 0 Å². The molecule has 1 fully saturated rings. The highest BCUT2D eigenvalue weighted by atomic mass is 16.4. The van der Waals surface area contributed by atoms with Crippen molar-refractivity contribution in [2.45, 2.75) is 12.5 Å². The SMILES string of the molecule is NC1C[N]CC/C1=N/O. The molecule has 4 heteroatoms. The van der Waals surface area contributed by atoms with Crippen molar-refractivity contribution in [1.82, 2.24) is 5.32 Å². The molecule has 51 valence electrons. The Balaban J connectivity index is 2.49. The third-order valence-electron chi connectivity index (χ3n) is 1.41. The van der Waals surface area contributed by atoms with E-state index in [4.69, 9.17) is 10.9 Å². The maximum Gasteiger partial charge on any atom is 0.0764 e. The Morgan fingerprint density at radius 2 is 2.56 bits per heavy atom. The molecule has 1 atom stereocenters. The second kappa shape index (κ2) is 2.80. The molecule has 0 saturated carbocycles. The van der Waals surface area contributed by atoms with Crippen LogP contribution in [0.15, 0.2) is 5.16 Å². The van der Waals surface area contributed by atoms with Crippen LogP contribution in [0.4, 0.5) is 0 Å². The fraction of sp³-hybridized carbons (Fsp3) is 0.800. The van der Waals surface area contributed by atoms with Crippen LogP contribution in [0.1, 0.15) is 6.42 Å². The van der Waals surface area contributed by atoms with Crippen LogP contribution in [0, 0.1) is 0 Å². The van der Waals surface area contributed by atoms with E-state index in [2.05, 4.69) is 10.5 Å². The molecule has 1 heterocycles. The molecule has 1 unspecified atom stereocenters. The largest absolute Gasteiger partial charge is 0.411 e. The summed E-state index contributed by atoms with van der Waals surface area (Å²) in [5.41, 5.74) is 6.18. The predicted molar refractivity (Wildman–Crippen MR) is 33.7 cm³/mol. The third-order valence-corrected chi connectivity index (χ3v) is 1.41. The molecule has 0 amide bonds. The quantitative estimate of drug-likeness (QED) is 0.329. The van der Waals surface area contributed by atoms with E-state index in [1.165, 1.54) is 0 Å². The first-order valence-corrected chi connectivity index (χ1v) is 2.94. The maximum atomic E-state index is 8.33. The molecule has 0 bridgehead atoms. The standard InChI is InChI=1S/C5H10N3O/c6-4-3-7-2-1-5(4)8-9/h4,9H,1-3,6H2/b8-5-. The van der Waals surface area contributed by atoms with Crippen molar-refractivity contribution < 1.29 is 5.21 Å². The van der Waals surface area contributed by atoms with E-state index >= 15 is 0 Å². The Hall–Kier alpha value is -0.610. The molecule has 3 N–H and O–H groups in total. The van der Waals surface area contributed by atoms with Gasteiger partial charge in [-0.05, 0) is 0 Å². The third kappa shape index (κ3) is 1.40. The van der Waals surface area contributed by atoms with Crippen molar-refractivity contribution in [3.63, 3.8) is 0 Å². The zero-order chi connectivity index (χ0) is 6.69. The summed E-state index contributed by atoms with van der Waals surface area (Å²) in [4.78, 5) is 0. The van der Waals surface area contributed by atoms with Crippen LogP contribution in [0.3, 0.4) is 0 Å². The molecular formula is C5H10N3O. The molecule has 0 spiro atoms. The van der Waals surface area contributed by atoms with E-state index in [0.717, 1.165) is 6.54 Å². The smallest absolute Gasteiger partial charge is 0.0764 e. The minimum absolute atomic E-state index is 0.149. The topological polar surface area (TPSA) is 72.7 Å². The molecule has 1 aliphatic rings. The second-order valence-electron chi connectivity index (χ2n) is 2.08. The Labute approximate surface area is 53.7 Å². The first-order valence-electron chi connectivity index (χ1n) is 2.94. The highest BCUT2D eigenvalue weighted by molar-refractivity contribution is 5.89. The number of hydrogen-bond acceptors (Lipinski definition) is 3. The van der Waals surface area contributed by atoms with Crippen LogP contribution in [-0.2, 0) is 0 Å². The van der Waals surface area contributed by atoms with Crippen molar-refractivity contribution in [2.24, 2.45) is 10.9 Å². The molecule has 1 radical (unpaired) electrons. The van der Waals surface area contributed by atoms with Crippen LogP contribution in [0.25, 0.3) is 0 Å². The Morgan fingerprint density at radius 3 is 3.00 bits per heavy atom. The van der Waals surface area contributed by atoms with Gasteiger partial charge < -0.3 is 10.9 Å². The lowest BCUT2D eigenvalue weighted by Crippen LogP contribution is -2.43. The van der Waals surface area contributed by atoms with Crippen LogP contribution in [-0.4, -0.2) is 30.1 Å². The summed E-state index contributed by atoms with van der Waals surface area (Å²) in [5, 5.41) is 15.4. The summed E-state index contributed by atoms with van der Waals surface area (Å²) in [7, 11) is 0. The van der Waals surface area contributed by atoms with Crippen LogP contribution in [0.2, 0.25) is 0 Å². The van der Waals surface area contributed by atoms with Gasteiger partial charge >= 0.3 is 0 Å². The van der Waals surface area contributed by atoms with Crippen LogP contribution >= 0.6 is 0 Å². The van der Waals surface area contributed by atoms with Gasteiger partial charge in [0.05, 0.1) is 11.8 Å². The van der Waals surface area contributed by atoms with E-state index in [1.54, 1.807) is 0 Å². The number of nitrogens with two attached hydrogens (primary N) is 1. The summed E-state index contributed by atoms with van der Waals surface area (Å²) in [5.74, 6) is 0. The molecule has 9 heavy (non-hydrogen) atoms. The van der Waals surface area contributed by atoms with Crippen molar-refractivity contribution >= 4 is 5.71 Å². The molecule has 1 aliphatic heterocycles. The molecule has 0 aliphatic carbocycles. The van der Waals surface area contributed by atoms with Crippen molar-refractivity contribution in [3.8, 4) is 0 Å². The lowest BCUT2D eigenvalue weighted by Gasteiger charge is -2.17. The van der Waals surface area contributed by atoms with E-state index in [-0.39, 0.29) is 6.04 Å².